The molecule has 0 saturated carbocycles. The summed E-state index contributed by atoms with van der Waals surface area (Å²) < 4.78 is 58.6. The molecule has 0 atom stereocenters. The Morgan fingerprint density at radius 2 is 1.66 bits per heavy atom. The van der Waals surface area contributed by atoms with E-state index in [9.17, 15) is 21.6 Å². The molecule has 35 heavy (non-hydrogen) atoms. The number of ether oxygens (including phenoxy) is 1. The van der Waals surface area contributed by atoms with Crippen molar-refractivity contribution in [1.82, 2.24) is 0 Å². The number of methoxy groups -OCH3 is 1. The summed E-state index contributed by atoms with van der Waals surface area (Å²) in [5.41, 5.74) is 1.51. The normalized spacial score (nSPS) is 11.5. The maximum atomic E-state index is 12.7. The second kappa shape index (κ2) is 10.5. The second-order valence-corrected chi connectivity index (χ2v) is 11.6. The molecule has 2 N–H and O–H groups in total. The smallest absolute Gasteiger partial charge is 0.261 e. The summed E-state index contributed by atoms with van der Waals surface area (Å²) in [4.78, 5) is 12.6. The molecule has 3 aromatic rings. The highest BCUT2D eigenvalue weighted by Gasteiger charge is 2.22. The quantitative estimate of drug-likeness (QED) is 0.427. The molecule has 0 aliphatic carbocycles. The molecule has 186 valence electrons. The monoisotopic (exact) mass is 537 g/mol. The molecular weight excluding hydrogens is 514 g/mol. The van der Waals surface area contributed by atoms with Gasteiger partial charge in [-0.3, -0.25) is 13.8 Å². The third-order valence-electron chi connectivity index (χ3n) is 4.99. The number of carbonyl (C=O) groups is 1. The lowest BCUT2D eigenvalue weighted by Crippen LogP contribution is -2.37. The van der Waals surface area contributed by atoms with Crippen LogP contribution >= 0.6 is 11.6 Å². The number of amides is 1. The molecule has 9 nitrogen and oxygen atoms in total. The number of carbonyl (C=O) groups excluding carboxylic acids is 1. The van der Waals surface area contributed by atoms with Crippen molar-refractivity contribution >= 4 is 54.6 Å². The van der Waals surface area contributed by atoms with E-state index in [0.29, 0.717) is 27.7 Å². The van der Waals surface area contributed by atoms with Crippen molar-refractivity contribution in [3.05, 3.63) is 77.3 Å². The van der Waals surface area contributed by atoms with E-state index in [1.54, 1.807) is 43.3 Å². The Morgan fingerprint density at radius 3 is 2.29 bits per heavy atom. The summed E-state index contributed by atoms with van der Waals surface area (Å²) in [6, 6.07) is 16.7. The van der Waals surface area contributed by atoms with Gasteiger partial charge in [0, 0.05) is 16.8 Å². The lowest BCUT2D eigenvalue weighted by molar-refractivity contribution is -0.114. The fourth-order valence-corrected chi connectivity index (χ4v) is 5.28. The minimum atomic E-state index is -3.90. The average Bonchev–Trinajstić information content (AvgIpc) is 2.80. The van der Waals surface area contributed by atoms with Crippen LogP contribution in [0.25, 0.3) is 0 Å². The summed E-state index contributed by atoms with van der Waals surface area (Å²) in [5, 5.41) is 3.01. The Balaban J connectivity index is 1.73. The molecule has 0 heterocycles. The number of benzene rings is 3. The zero-order valence-corrected chi connectivity index (χ0v) is 21.5. The summed E-state index contributed by atoms with van der Waals surface area (Å²) in [5.74, 6) is -0.170. The van der Waals surface area contributed by atoms with Gasteiger partial charge in [-0.1, -0.05) is 23.7 Å². The van der Waals surface area contributed by atoms with Crippen LogP contribution in [0.1, 0.15) is 5.56 Å². The summed E-state index contributed by atoms with van der Waals surface area (Å²) >= 11 is 6.05. The first-order valence-corrected chi connectivity index (χ1v) is 13.9. The Bertz CT molecular complexity index is 1440. The Labute approximate surface area is 209 Å². The van der Waals surface area contributed by atoms with E-state index >= 15 is 0 Å². The zero-order chi connectivity index (χ0) is 25.8. The number of halogens is 1. The molecule has 0 fully saturated rings. The third-order valence-corrected chi connectivity index (χ3v) is 7.92. The van der Waals surface area contributed by atoms with E-state index < -0.39 is 32.5 Å². The van der Waals surface area contributed by atoms with Crippen LogP contribution in [0.2, 0.25) is 5.02 Å². The summed E-state index contributed by atoms with van der Waals surface area (Å²) in [6.45, 7) is 1.21. The van der Waals surface area contributed by atoms with Crippen LogP contribution in [0, 0.1) is 6.92 Å². The number of sulfonamides is 2. The van der Waals surface area contributed by atoms with Crippen molar-refractivity contribution in [2.45, 2.75) is 11.8 Å². The molecule has 1 amide bonds. The molecule has 0 aromatic heterocycles. The first kappa shape index (κ1) is 26.3. The minimum absolute atomic E-state index is 0.0241. The summed E-state index contributed by atoms with van der Waals surface area (Å²) in [6.07, 6.45) is 0.994. The van der Waals surface area contributed by atoms with E-state index in [4.69, 9.17) is 16.3 Å². The fraction of sp³-hybridized carbons (Fsp3) is 0.174. The number of rotatable bonds is 9. The van der Waals surface area contributed by atoms with Crippen molar-refractivity contribution < 1.29 is 26.4 Å². The molecule has 0 unspecified atom stereocenters. The fourth-order valence-electron chi connectivity index (χ4n) is 3.14. The number of nitrogens with one attached hydrogen (secondary N) is 2. The van der Waals surface area contributed by atoms with Crippen LogP contribution in [-0.2, 0) is 24.8 Å². The average molecular weight is 538 g/mol. The first-order chi connectivity index (χ1) is 16.4. The molecule has 0 radical (unpaired) electrons. The van der Waals surface area contributed by atoms with Crippen molar-refractivity contribution in [3.8, 4) is 5.75 Å². The van der Waals surface area contributed by atoms with E-state index in [1.807, 2.05) is 0 Å². The number of anilines is 3. The van der Waals surface area contributed by atoms with Gasteiger partial charge < -0.3 is 10.1 Å². The van der Waals surface area contributed by atoms with Crippen LogP contribution in [0.5, 0.6) is 5.75 Å². The van der Waals surface area contributed by atoms with Crippen LogP contribution in [0.4, 0.5) is 17.1 Å². The Kier molecular flexibility index (Phi) is 7.93. The van der Waals surface area contributed by atoms with Gasteiger partial charge in [-0.05, 0) is 61.0 Å². The first-order valence-electron chi connectivity index (χ1n) is 10.2. The molecular formula is C23H24ClN3O6S2. The second-order valence-electron chi connectivity index (χ2n) is 7.56. The highest BCUT2D eigenvalue weighted by molar-refractivity contribution is 7.92. The molecule has 0 bridgehead atoms. The van der Waals surface area contributed by atoms with Gasteiger partial charge >= 0.3 is 0 Å². The Hall–Kier alpha value is -3.28. The van der Waals surface area contributed by atoms with Gasteiger partial charge in [-0.2, -0.15) is 0 Å². The summed E-state index contributed by atoms with van der Waals surface area (Å²) in [7, 11) is -6.22. The minimum Gasteiger partial charge on any atom is -0.497 e. The van der Waals surface area contributed by atoms with E-state index in [0.717, 1.165) is 10.6 Å². The molecule has 3 aromatic carbocycles. The molecule has 12 heteroatoms. The SMILES string of the molecule is COc1cccc(N(CC(=O)Nc2ccc(S(=O)(=O)Nc3cccc(Cl)c3C)cc2)S(C)(=O)=O)c1. The van der Waals surface area contributed by atoms with Gasteiger partial charge in [-0.15, -0.1) is 0 Å². The lowest BCUT2D eigenvalue weighted by Gasteiger charge is -2.22. The van der Waals surface area contributed by atoms with Gasteiger partial charge in [0.05, 0.1) is 29.6 Å². The van der Waals surface area contributed by atoms with E-state index in [-0.39, 0.29) is 10.6 Å². The van der Waals surface area contributed by atoms with Crippen LogP contribution in [0.3, 0.4) is 0 Å². The zero-order valence-electron chi connectivity index (χ0n) is 19.1. The number of hydrogen-bond donors (Lipinski definition) is 2. The largest absolute Gasteiger partial charge is 0.497 e. The predicted octanol–water partition coefficient (Wildman–Crippen LogP) is 3.86. The van der Waals surface area contributed by atoms with Crippen molar-refractivity contribution in [2.75, 3.05) is 34.3 Å². The van der Waals surface area contributed by atoms with Gasteiger partial charge in [0.1, 0.15) is 12.3 Å². The maximum Gasteiger partial charge on any atom is 0.261 e. The van der Waals surface area contributed by atoms with Gasteiger partial charge in [0.2, 0.25) is 15.9 Å². The van der Waals surface area contributed by atoms with Gasteiger partial charge in [-0.25, -0.2) is 16.8 Å². The van der Waals surface area contributed by atoms with Crippen molar-refractivity contribution in [2.24, 2.45) is 0 Å². The maximum absolute atomic E-state index is 12.7. The Morgan fingerprint density at radius 1 is 1.00 bits per heavy atom. The third kappa shape index (κ3) is 6.65. The molecule has 0 aliphatic rings. The van der Waals surface area contributed by atoms with E-state index in [2.05, 4.69) is 10.0 Å². The van der Waals surface area contributed by atoms with Crippen LogP contribution < -0.4 is 19.1 Å². The molecule has 0 spiro atoms. The highest BCUT2D eigenvalue weighted by atomic mass is 35.5. The van der Waals surface area contributed by atoms with E-state index in [1.165, 1.54) is 37.4 Å². The van der Waals surface area contributed by atoms with Crippen molar-refractivity contribution in [3.63, 3.8) is 0 Å². The number of hydrogen-bond acceptors (Lipinski definition) is 6. The number of nitrogens with zero attached hydrogens (tertiary/aromatic N) is 1. The molecule has 0 saturated heterocycles. The van der Waals surface area contributed by atoms with Crippen molar-refractivity contribution in [1.29, 1.82) is 0 Å². The topological polar surface area (TPSA) is 122 Å². The highest BCUT2D eigenvalue weighted by Crippen LogP contribution is 2.26. The van der Waals surface area contributed by atoms with Gasteiger partial charge in [0.15, 0.2) is 0 Å². The molecule has 3 rings (SSSR count). The lowest BCUT2D eigenvalue weighted by atomic mass is 10.2. The van der Waals surface area contributed by atoms with Crippen LogP contribution in [0.15, 0.2) is 71.6 Å². The standard InChI is InChI=1S/C23H24ClN3O6S2/c1-16-21(24)8-5-9-22(16)26-35(31,32)20-12-10-17(11-13-20)25-23(28)15-27(34(3,29)30)18-6-4-7-19(14-18)33-2/h4-14,26H,15H2,1-3H3,(H,25,28). The van der Waals surface area contributed by atoms with Gasteiger partial charge in [0.25, 0.3) is 10.0 Å². The molecule has 0 aliphatic heterocycles. The van der Waals surface area contributed by atoms with Crippen LogP contribution in [-0.4, -0.2) is 42.7 Å². The predicted molar refractivity (Wildman–Crippen MR) is 137 cm³/mol.